The standard InChI is InChI=1S/C18H28N2OSi.C15H20N2O/c1-20-11-8-16(9-12-20)19-17-6-7-18(21-2)15(14-17)10-13-22(3,4)5;1-4-12-11-14(5-6-15(12)18-3)16-13-7-9-17(2)10-8-13/h6-7,14,16,19H,8-9,11-12H2,1-5H3;1,5-6,11,13,16H,7-10H2,2-3H3. The molecule has 0 amide bonds. The van der Waals surface area contributed by atoms with E-state index in [4.69, 9.17) is 15.9 Å². The van der Waals surface area contributed by atoms with Gasteiger partial charge < -0.3 is 29.9 Å². The molecular weight excluding hydrogens is 512 g/mol. The van der Waals surface area contributed by atoms with Crippen molar-refractivity contribution >= 4 is 19.4 Å². The molecule has 216 valence electrons. The Labute approximate surface area is 243 Å². The molecule has 0 aromatic heterocycles. The predicted octanol–water partition coefficient (Wildman–Crippen LogP) is 5.61. The largest absolute Gasteiger partial charge is 0.495 e. The molecule has 0 saturated carbocycles. The van der Waals surface area contributed by atoms with Crippen LogP contribution in [-0.4, -0.2) is 84.5 Å². The van der Waals surface area contributed by atoms with Crippen LogP contribution in [0, 0.1) is 23.8 Å². The number of rotatable bonds is 6. The number of hydrogen-bond donors (Lipinski definition) is 2. The fourth-order valence-electron chi connectivity index (χ4n) is 4.84. The molecule has 2 fully saturated rings. The second-order valence-corrected chi connectivity index (χ2v) is 16.7. The maximum Gasteiger partial charge on any atom is 0.134 e. The monoisotopic (exact) mass is 560 g/mol. The molecule has 0 radical (unpaired) electrons. The van der Waals surface area contributed by atoms with Crippen LogP contribution in [0.5, 0.6) is 11.5 Å². The quantitative estimate of drug-likeness (QED) is 0.354. The van der Waals surface area contributed by atoms with Gasteiger partial charge in [-0.15, -0.1) is 12.0 Å². The minimum Gasteiger partial charge on any atom is -0.495 e. The third-order valence-corrected chi connectivity index (χ3v) is 8.18. The van der Waals surface area contributed by atoms with Crippen LogP contribution in [0.25, 0.3) is 0 Å². The highest BCUT2D eigenvalue weighted by molar-refractivity contribution is 6.83. The molecule has 0 unspecified atom stereocenters. The lowest BCUT2D eigenvalue weighted by molar-refractivity contribution is 0.264. The first kappa shape index (κ1) is 31.4. The SMILES string of the molecule is C#Cc1cc(NC2CCN(C)CC2)ccc1OC.COc1ccc(NC2CCN(C)CC2)cc1C#C[Si](C)(C)C. The topological polar surface area (TPSA) is 49.0 Å². The van der Waals surface area contributed by atoms with Crippen molar-refractivity contribution in [2.75, 3.05) is 65.1 Å². The van der Waals surface area contributed by atoms with Crippen LogP contribution in [0.4, 0.5) is 11.4 Å². The average molecular weight is 561 g/mol. The first-order chi connectivity index (χ1) is 19.1. The van der Waals surface area contributed by atoms with Gasteiger partial charge in [-0.25, -0.2) is 0 Å². The Kier molecular flexibility index (Phi) is 11.8. The van der Waals surface area contributed by atoms with Gasteiger partial charge in [0.15, 0.2) is 0 Å². The van der Waals surface area contributed by atoms with E-state index in [2.05, 4.69) is 83.7 Å². The fraction of sp³-hybridized carbons (Fsp3) is 0.515. The van der Waals surface area contributed by atoms with E-state index in [-0.39, 0.29) is 0 Å². The van der Waals surface area contributed by atoms with Gasteiger partial charge in [0.05, 0.1) is 25.3 Å². The van der Waals surface area contributed by atoms with E-state index in [1.807, 2.05) is 24.3 Å². The lowest BCUT2D eigenvalue weighted by Gasteiger charge is -2.30. The Bertz CT molecular complexity index is 1190. The van der Waals surface area contributed by atoms with Crippen LogP contribution in [0.1, 0.15) is 36.8 Å². The van der Waals surface area contributed by atoms with Gasteiger partial charge in [-0.3, -0.25) is 0 Å². The van der Waals surface area contributed by atoms with Crippen LogP contribution in [0.3, 0.4) is 0 Å². The van der Waals surface area contributed by atoms with E-state index in [9.17, 15) is 0 Å². The Morgan fingerprint density at radius 3 is 1.57 bits per heavy atom. The van der Waals surface area contributed by atoms with Gasteiger partial charge in [0.25, 0.3) is 0 Å². The molecule has 2 aromatic rings. The zero-order valence-electron chi connectivity index (χ0n) is 25.6. The van der Waals surface area contributed by atoms with E-state index in [1.165, 1.54) is 25.7 Å². The number of likely N-dealkylation sites (tertiary alicyclic amines) is 2. The minimum absolute atomic E-state index is 0.542. The number of piperidine rings is 2. The Morgan fingerprint density at radius 1 is 0.750 bits per heavy atom. The van der Waals surface area contributed by atoms with Crippen molar-refractivity contribution in [3.63, 3.8) is 0 Å². The summed E-state index contributed by atoms with van der Waals surface area (Å²) in [6.07, 6.45) is 10.2. The number of nitrogens with zero attached hydrogens (tertiary/aromatic N) is 2. The number of anilines is 2. The van der Waals surface area contributed by atoms with Gasteiger partial charge >= 0.3 is 0 Å². The summed E-state index contributed by atoms with van der Waals surface area (Å²) in [7, 11) is 6.32. The molecule has 2 saturated heterocycles. The zero-order valence-corrected chi connectivity index (χ0v) is 26.6. The molecule has 4 rings (SSSR count). The third kappa shape index (κ3) is 10.1. The normalized spacial score (nSPS) is 16.9. The van der Waals surface area contributed by atoms with Crippen molar-refractivity contribution in [2.24, 2.45) is 0 Å². The van der Waals surface area contributed by atoms with Crippen LogP contribution < -0.4 is 20.1 Å². The zero-order chi connectivity index (χ0) is 29.1. The van der Waals surface area contributed by atoms with Crippen molar-refractivity contribution < 1.29 is 9.47 Å². The molecule has 2 aromatic carbocycles. The van der Waals surface area contributed by atoms with Gasteiger partial charge in [0.1, 0.15) is 19.6 Å². The van der Waals surface area contributed by atoms with Gasteiger partial charge in [-0.05, 0) is 102 Å². The van der Waals surface area contributed by atoms with Gasteiger partial charge in [-0.2, -0.15) is 0 Å². The van der Waals surface area contributed by atoms with Crippen molar-refractivity contribution in [3.05, 3.63) is 47.5 Å². The Morgan fingerprint density at radius 2 is 1.18 bits per heavy atom. The van der Waals surface area contributed by atoms with E-state index < -0.39 is 8.07 Å². The van der Waals surface area contributed by atoms with E-state index >= 15 is 0 Å². The van der Waals surface area contributed by atoms with Gasteiger partial charge in [-0.1, -0.05) is 31.5 Å². The van der Waals surface area contributed by atoms with Crippen LogP contribution in [0.2, 0.25) is 19.6 Å². The van der Waals surface area contributed by atoms with Crippen LogP contribution >= 0.6 is 0 Å². The Hall–Kier alpha value is -3.10. The predicted molar refractivity (Wildman–Crippen MR) is 172 cm³/mol. The average Bonchev–Trinajstić information content (AvgIpc) is 2.94. The number of nitrogens with one attached hydrogen (secondary N) is 2. The number of terminal acetylenes is 1. The summed E-state index contributed by atoms with van der Waals surface area (Å²) in [5.74, 6) is 7.60. The van der Waals surface area contributed by atoms with Crippen molar-refractivity contribution in [3.8, 4) is 35.3 Å². The number of hydrogen-bond acceptors (Lipinski definition) is 6. The summed E-state index contributed by atoms with van der Waals surface area (Å²) < 4.78 is 10.7. The van der Waals surface area contributed by atoms with E-state index in [0.717, 1.165) is 60.2 Å². The van der Waals surface area contributed by atoms with E-state index in [1.54, 1.807) is 14.2 Å². The Balaban J connectivity index is 0.000000225. The molecule has 2 aliphatic rings. The molecular formula is C33H48N4O2Si. The maximum atomic E-state index is 5.48. The van der Waals surface area contributed by atoms with Crippen molar-refractivity contribution in [1.29, 1.82) is 0 Å². The molecule has 0 atom stereocenters. The molecule has 2 heterocycles. The number of methoxy groups -OCH3 is 2. The molecule has 7 heteroatoms. The molecule has 0 bridgehead atoms. The lowest BCUT2D eigenvalue weighted by Crippen LogP contribution is -2.36. The molecule has 0 spiro atoms. The molecule has 0 aliphatic carbocycles. The first-order valence-electron chi connectivity index (χ1n) is 14.4. The fourth-order valence-corrected chi connectivity index (χ4v) is 5.35. The summed E-state index contributed by atoms with van der Waals surface area (Å²) in [6.45, 7) is 11.4. The van der Waals surface area contributed by atoms with Crippen LogP contribution in [-0.2, 0) is 0 Å². The second-order valence-electron chi connectivity index (χ2n) is 11.9. The second kappa shape index (κ2) is 15.0. The maximum absolute atomic E-state index is 5.48. The van der Waals surface area contributed by atoms with Crippen LogP contribution in [0.15, 0.2) is 36.4 Å². The van der Waals surface area contributed by atoms with E-state index in [0.29, 0.717) is 12.1 Å². The molecule has 6 nitrogen and oxygen atoms in total. The summed E-state index contributed by atoms with van der Waals surface area (Å²) >= 11 is 0. The smallest absolute Gasteiger partial charge is 0.134 e. The first-order valence-corrected chi connectivity index (χ1v) is 17.9. The summed E-state index contributed by atoms with van der Waals surface area (Å²) in [6, 6.07) is 13.3. The highest BCUT2D eigenvalue weighted by Crippen LogP contribution is 2.25. The molecule has 2 aliphatic heterocycles. The molecule has 40 heavy (non-hydrogen) atoms. The summed E-state index contributed by atoms with van der Waals surface area (Å²) in [5.41, 5.74) is 7.44. The highest BCUT2D eigenvalue weighted by Gasteiger charge is 2.18. The van der Waals surface area contributed by atoms with Gasteiger partial charge in [0, 0.05) is 23.5 Å². The molecule has 2 N–H and O–H groups in total. The lowest BCUT2D eigenvalue weighted by atomic mass is 10.0. The third-order valence-electron chi connectivity index (χ3n) is 7.31. The van der Waals surface area contributed by atoms with Gasteiger partial charge in [0.2, 0.25) is 0 Å². The summed E-state index contributed by atoms with van der Waals surface area (Å²) in [4.78, 5) is 4.75. The van der Waals surface area contributed by atoms with Crippen molar-refractivity contribution in [1.82, 2.24) is 9.80 Å². The van der Waals surface area contributed by atoms with Crippen molar-refractivity contribution in [2.45, 2.75) is 57.4 Å². The highest BCUT2D eigenvalue weighted by atomic mass is 28.3. The minimum atomic E-state index is -1.39. The summed E-state index contributed by atoms with van der Waals surface area (Å²) in [5, 5.41) is 7.20. The number of ether oxygens (including phenoxy) is 2. The number of benzene rings is 2.